The molecule has 0 atom stereocenters. The summed E-state index contributed by atoms with van der Waals surface area (Å²) in [6.45, 7) is 0.962. The zero-order chi connectivity index (χ0) is 20.4. The van der Waals surface area contributed by atoms with E-state index in [2.05, 4.69) is 25.1 Å². The zero-order valence-electron chi connectivity index (χ0n) is 15.6. The third-order valence-corrected chi connectivity index (χ3v) is 4.29. The molecule has 150 valence electrons. The van der Waals surface area contributed by atoms with Crippen molar-refractivity contribution in [3.05, 3.63) is 65.5 Å². The monoisotopic (exact) mass is 401 g/mol. The average Bonchev–Trinajstić information content (AvgIpc) is 3.08. The largest absolute Gasteiger partial charge is 0.411 e. The van der Waals surface area contributed by atoms with Gasteiger partial charge < -0.3 is 10.1 Å². The van der Waals surface area contributed by atoms with Crippen molar-refractivity contribution in [2.24, 2.45) is 0 Å². The molecule has 0 saturated heterocycles. The summed E-state index contributed by atoms with van der Waals surface area (Å²) in [5.41, 5.74) is 3.17. The molecule has 0 unspecified atom stereocenters. The molecule has 0 bridgehead atoms. The van der Waals surface area contributed by atoms with Gasteiger partial charge in [-0.2, -0.15) is 17.7 Å². The van der Waals surface area contributed by atoms with Crippen LogP contribution in [0, 0.1) is 6.92 Å². The molecule has 0 radical (unpaired) electrons. The standard InChI is InChI=1S/C20H18F3N5O/c1-13-25-18-16-4-2-3-5-17(16)26-19(28(18)27-13)24-10-14-6-8-15(9-7-14)11-29-12-20(21,22)23/h2-9H,10-12H2,1H3,(H,24,26). The van der Waals surface area contributed by atoms with E-state index in [1.807, 2.05) is 43.3 Å². The summed E-state index contributed by atoms with van der Waals surface area (Å²) in [5.74, 6) is 1.21. The van der Waals surface area contributed by atoms with Crippen LogP contribution in [-0.4, -0.2) is 32.4 Å². The van der Waals surface area contributed by atoms with E-state index in [1.54, 1.807) is 16.6 Å². The quantitative estimate of drug-likeness (QED) is 0.523. The second kappa shape index (κ2) is 7.67. The molecular formula is C20H18F3N5O. The molecule has 9 heteroatoms. The number of halogens is 3. The van der Waals surface area contributed by atoms with Crippen molar-refractivity contribution < 1.29 is 17.9 Å². The van der Waals surface area contributed by atoms with Crippen molar-refractivity contribution in [3.8, 4) is 0 Å². The van der Waals surface area contributed by atoms with Gasteiger partial charge in [0, 0.05) is 11.9 Å². The van der Waals surface area contributed by atoms with Crippen molar-refractivity contribution >= 4 is 22.5 Å². The summed E-state index contributed by atoms with van der Waals surface area (Å²) >= 11 is 0. The first-order chi connectivity index (χ1) is 13.9. The van der Waals surface area contributed by atoms with E-state index in [1.165, 1.54) is 0 Å². The lowest BCUT2D eigenvalue weighted by molar-refractivity contribution is -0.176. The normalized spacial score (nSPS) is 12.0. The van der Waals surface area contributed by atoms with Crippen LogP contribution in [0.2, 0.25) is 0 Å². The molecule has 0 amide bonds. The summed E-state index contributed by atoms with van der Waals surface area (Å²) < 4.78 is 42.8. The van der Waals surface area contributed by atoms with Crippen LogP contribution in [0.15, 0.2) is 48.5 Å². The van der Waals surface area contributed by atoms with E-state index in [0.717, 1.165) is 22.1 Å². The van der Waals surface area contributed by atoms with Gasteiger partial charge >= 0.3 is 6.18 Å². The molecule has 4 aromatic rings. The van der Waals surface area contributed by atoms with Gasteiger partial charge in [-0.05, 0) is 30.2 Å². The van der Waals surface area contributed by atoms with Gasteiger partial charge in [-0.15, -0.1) is 5.10 Å². The highest BCUT2D eigenvalue weighted by atomic mass is 19.4. The molecule has 2 aromatic heterocycles. The van der Waals surface area contributed by atoms with Gasteiger partial charge in [0.05, 0.1) is 12.1 Å². The van der Waals surface area contributed by atoms with E-state index in [9.17, 15) is 13.2 Å². The minimum atomic E-state index is -4.32. The van der Waals surface area contributed by atoms with Gasteiger partial charge in [0.2, 0.25) is 5.95 Å². The van der Waals surface area contributed by atoms with E-state index < -0.39 is 12.8 Å². The number of nitrogens with zero attached hydrogens (tertiary/aromatic N) is 4. The molecule has 0 aliphatic rings. The number of fused-ring (bicyclic) bond motifs is 3. The molecule has 0 saturated carbocycles. The molecule has 2 aromatic carbocycles. The maximum absolute atomic E-state index is 12.1. The molecule has 4 rings (SSSR count). The molecule has 0 aliphatic carbocycles. The van der Waals surface area contributed by atoms with Crippen molar-refractivity contribution in [1.82, 2.24) is 19.6 Å². The topological polar surface area (TPSA) is 64.3 Å². The fourth-order valence-electron chi connectivity index (χ4n) is 2.99. The zero-order valence-corrected chi connectivity index (χ0v) is 15.6. The molecular weight excluding hydrogens is 383 g/mol. The highest BCUT2D eigenvalue weighted by Gasteiger charge is 2.27. The summed E-state index contributed by atoms with van der Waals surface area (Å²) in [4.78, 5) is 9.13. The number of ether oxygens (including phenoxy) is 1. The Labute approximate surface area is 164 Å². The molecule has 1 N–H and O–H groups in total. The van der Waals surface area contributed by atoms with Gasteiger partial charge in [0.15, 0.2) is 5.65 Å². The van der Waals surface area contributed by atoms with Gasteiger partial charge in [-0.1, -0.05) is 36.4 Å². The Hall–Kier alpha value is -3.20. The SMILES string of the molecule is Cc1nc2c3ccccc3nc(NCc3ccc(COCC(F)(F)F)cc3)n2n1. The molecule has 6 nitrogen and oxygen atoms in total. The number of rotatable bonds is 6. The van der Waals surface area contributed by atoms with Crippen LogP contribution in [0.1, 0.15) is 17.0 Å². The molecule has 0 spiro atoms. The molecule has 29 heavy (non-hydrogen) atoms. The first-order valence-electron chi connectivity index (χ1n) is 8.97. The minimum Gasteiger partial charge on any atom is -0.367 e. The number of aromatic nitrogens is 4. The second-order valence-electron chi connectivity index (χ2n) is 6.63. The van der Waals surface area contributed by atoms with Crippen LogP contribution in [0.4, 0.5) is 19.1 Å². The summed E-state index contributed by atoms with van der Waals surface area (Å²) in [6, 6.07) is 14.9. The summed E-state index contributed by atoms with van der Waals surface area (Å²) in [7, 11) is 0. The minimum absolute atomic E-state index is 0.0850. The fraction of sp³-hybridized carbons (Fsp3) is 0.250. The summed E-state index contributed by atoms with van der Waals surface area (Å²) in [6.07, 6.45) is -4.32. The van der Waals surface area contributed by atoms with Crippen LogP contribution < -0.4 is 5.32 Å². The summed E-state index contributed by atoms with van der Waals surface area (Å²) in [5, 5.41) is 8.59. The highest BCUT2D eigenvalue weighted by Crippen LogP contribution is 2.21. The third kappa shape index (κ3) is 4.45. The highest BCUT2D eigenvalue weighted by molar-refractivity contribution is 5.92. The van der Waals surface area contributed by atoms with Gasteiger partial charge in [-0.25, -0.2) is 9.97 Å². The lowest BCUT2D eigenvalue weighted by Gasteiger charge is -2.10. The van der Waals surface area contributed by atoms with Gasteiger partial charge in [-0.3, -0.25) is 0 Å². The Kier molecular flexibility index (Phi) is 5.06. The van der Waals surface area contributed by atoms with Gasteiger partial charge in [0.1, 0.15) is 12.4 Å². The van der Waals surface area contributed by atoms with Crippen LogP contribution in [0.25, 0.3) is 16.6 Å². The van der Waals surface area contributed by atoms with E-state index >= 15 is 0 Å². The van der Waals surface area contributed by atoms with Crippen molar-refractivity contribution in [1.29, 1.82) is 0 Å². The number of nitrogens with one attached hydrogen (secondary N) is 1. The number of benzene rings is 2. The lowest BCUT2D eigenvalue weighted by Crippen LogP contribution is -2.16. The number of anilines is 1. The van der Waals surface area contributed by atoms with Crippen molar-refractivity contribution in [3.63, 3.8) is 0 Å². The van der Waals surface area contributed by atoms with E-state index in [0.29, 0.717) is 23.9 Å². The van der Waals surface area contributed by atoms with Crippen molar-refractivity contribution in [2.45, 2.75) is 26.3 Å². The van der Waals surface area contributed by atoms with E-state index in [4.69, 9.17) is 0 Å². The Bertz CT molecular complexity index is 1140. The van der Waals surface area contributed by atoms with Crippen molar-refractivity contribution in [2.75, 3.05) is 11.9 Å². The number of alkyl halides is 3. The van der Waals surface area contributed by atoms with Crippen LogP contribution >= 0.6 is 0 Å². The smallest absolute Gasteiger partial charge is 0.367 e. The van der Waals surface area contributed by atoms with Gasteiger partial charge in [0.25, 0.3) is 0 Å². The third-order valence-electron chi connectivity index (χ3n) is 4.29. The number of para-hydroxylation sites is 1. The van der Waals surface area contributed by atoms with E-state index in [-0.39, 0.29) is 6.61 Å². The molecule has 2 heterocycles. The maximum atomic E-state index is 12.1. The number of aryl methyl sites for hydroxylation is 1. The van der Waals surface area contributed by atoms with Crippen LogP contribution in [0.5, 0.6) is 0 Å². The Morgan fingerprint density at radius 2 is 1.72 bits per heavy atom. The first kappa shape index (κ1) is 19.1. The lowest BCUT2D eigenvalue weighted by atomic mass is 10.1. The predicted octanol–water partition coefficient (Wildman–Crippen LogP) is 4.28. The molecule has 0 fully saturated rings. The number of hydrogen-bond donors (Lipinski definition) is 1. The average molecular weight is 401 g/mol. The van der Waals surface area contributed by atoms with Crippen LogP contribution in [0.3, 0.4) is 0 Å². The Morgan fingerprint density at radius 3 is 2.48 bits per heavy atom. The number of hydrogen-bond acceptors (Lipinski definition) is 5. The predicted molar refractivity (Wildman–Crippen MR) is 103 cm³/mol. The fourth-order valence-corrected chi connectivity index (χ4v) is 2.99. The Balaban J connectivity index is 1.48. The first-order valence-corrected chi connectivity index (χ1v) is 8.97. The maximum Gasteiger partial charge on any atom is 0.411 e. The Morgan fingerprint density at radius 1 is 1.00 bits per heavy atom. The molecule has 0 aliphatic heterocycles. The van der Waals surface area contributed by atoms with Crippen LogP contribution in [-0.2, 0) is 17.9 Å². The second-order valence-corrected chi connectivity index (χ2v) is 6.63.